The topological polar surface area (TPSA) is 26.0 Å². The van der Waals surface area contributed by atoms with Gasteiger partial charge in [0, 0.05) is 12.1 Å². The first-order valence-corrected chi connectivity index (χ1v) is 7.45. The van der Waals surface area contributed by atoms with Crippen LogP contribution in [0.15, 0.2) is 36.4 Å². The summed E-state index contributed by atoms with van der Waals surface area (Å²) in [5.41, 5.74) is 2.77. The van der Waals surface area contributed by atoms with Crippen LogP contribution in [0, 0.1) is 34.9 Å². The minimum absolute atomic E-state index is 0.247. The Bertz CT molecular complexity index is 965. The van der Waals surface area contributed by atoms with E-state index in [-0.39, 0.29) is 16.3 Å². The maximum atomic E-state index is 14.4. The Hall–Kier alpha value is -2.67. The van der Waals surface area contributed by atoms with Gasteiger partial charge in [-0.25, -0.2) is 26.3 Å². The lowest BCUT2D eigenvalue weighted by molar-refractivity contribution is 0.547. The van der Waals surface area contributed by atoms with Gasteiger partial charge in [0.1, 0.15) is 34.9 Å². The van der Waals surface area contributed by atoms with Crippen molar-refractivity contribution in [3.05, 3.63) is 76.3 Å². The molecule has 0 radical (unpaired) electrons. The summed E-state index contributed by atoms with van der Waals surface area (Å²) in [6, 6.07) is 3.91. The summed E-state index contributed by atoms with van der Waals surface area (Å²) in [6.45, 7) is 0. The summed E-state index contributed by atoms with van der Waals surface area (Å²) < 4.78 is 83.2. The molecule has 3 aromatic carbocycles. The molecule has 0 unspecified atom stereocenters. The normalized spacial score (nSPS) is 11.0. The lowest BCUT2D eigenvalue weighted by Gasteiger charge is -2.11. The zero-order valence-corrected chi connectivity index (χ0v) is 13.4. The highest BCUT2D eigenvalue weighted by Crippen LogP contribution is 2.36. The number of anilines is 1. The van der Waals surface area contributed by atoms with Crippen molar-refractivity contribution >= 4 is 17.3 Å². The summed E-state index contributed by atoms with van der Waals surface area (Å²) >= 11 is 5.71. The SMILES string of the molecule is Nc1c(F)cc(-c2c(F)cc(-c3c(F)cc(F)cc3F)cc2F)cc1Cl. The van der Waals surface area contributed by atoms with E-state index < -0.39 is 51.6 Å². The molecule has 0 aliphatic heterocycles. The lowest BCUT2D eigenvalue weighted by atomic mass is 9.98. The van der Waals surface area contributed by atoms with E-state index in [4.69, 9.17) is 17.3 Å². The fourth-order valence-corrected chi connectivity index (χ4v) is 2.75. The van der Waals surface area contributed by atoms with Gasteiger partial charge in [-0.2, -0.15) is 0 Å². The van der Waals surface area contributed by atoms with E-state index in [2.05, 4.69) is 0 Å². The van der Waals surface area contributed by atoms with Gasteiger partial charge >= 0.3 is 0 Å². The van der Waals surface area contributed by atoms with Gasteiger partial charge in [0.25, 0.3) is 0 Å². The molecule has 0 aromatic heterocycles. The van der Waals surface area contributed by atoms with E-state index in [1.54, 1.807) is 0 Å². The van der Waals surface area contributed by atoms with Crippen LogP contribution in [0.1, 0.15) is 0 Å². The molecule has 26 heavy (non-hydrogen) atoms. The van der Waals surface area contributed by atoms with Crippen molar-refractivity contribution in [3.63, 3.8) is 0 Å². The maximum Gasteiger partial charge on any atom is 0.148 e. The Morgan fingerprint density at radius 1 is 0.577 bits per heavy atom. The fraction of sp³-hybridized carbons (Fsp3) is 0. The van der Waals surface area contributed by atoms with Crippen LogP contribution < -0.4 is 5.73 Å². The van der Waals surface area contributed by atoms with Gasteiger partial charge in [0.15, 0.2) is 0 Å². The van der Waals surface area contributed by atoms with Gasteiger partial charge in [-0.05, 0) is 35.4 Å². The zero-order valence-electron chi connectivity index (χ0n) is 12.7. The molecule has 3 aromatic rings. The number of rotatable bonds is 2. The molecule has 0 fully saturated rings. The standard InChI is InChI=1S/C18H8ClF6N/c19-10-1-7(4-15(25)18(10)26)16-11(21)2-8(3-12(16)22)17-13(23)5-9(20)6-14(17)24/h1-6H,26H2. The van der Waals surface area contributed by atoms with E-state index >= 15 is 0 Å². The third-order valence-electron chi connectivity index (χ3n) is 3.71. The van der Waals surface area contributed by atoms with Gasteiger partial charge in [0.2, 0.25) is 0 Å². The number of nitrogen functional groups attached to an aromatic ring is 1. The highest BCUT2D eigenvalue weighted by molar-refractivity contribution is 6.33. The molecule has 0 amide bonds. The van der Waals surface area contributed by atoms with Gasteiger partial charge in [-0.3, -0.25) is 0 Å². The monoisotopic (exact) mass is 387 g/mol. The Morgan fingerprint density at radius 3 is 1.42 bits per heavy atom. The van der Waals surface area contributed by atoms with Gasteiger partial charge in [0.05, 0.1) is 21.8 Å². The second kappa shape index (κ2) is 6.57. The van der Waals surface area contributed by atoms with E-state index in [1.165, 1.54) is 0 Å². The number of hydrogen-bond acceptors (Lipinski definition) is 1. The highest BCUT2D eigenvalue weighted by atomic mass is 35.5. The maximum absolute atomic E-state index is 14.4. The molecule has 134 valence electrons. The van der Waals surface area contributed by atoms with Gasteiger partial charge in [-0.1, -0.05) is 11.6 Å². The molecule has 0 saturated heterocycles. The van der Waals surface area contributed by atoms with E-state index in [1.807, 2.05) is 0 Å². The first-order valence-electron chi connectivity index (χ1n) is 7.08. The summed E-state index contributed by atoms with van der Waals surface area (Å²) in [4.78, 5) is 0. The fourth-order valence-electron chi connectivity index (χ4n) is 2.54. The van der Waals surface area contributed by atoms with Crippen LogP contribution in [0.5, 0.6) is 0 Å². The number of nitrogens with two attached hydrogens (primary N) is 1. The van der Waals surface area contributed by atoms with Crippen molar-refractivity contribution in [3.8, 4) is 22.3 Å². The molecular formula is C18H8ClF6N. The Balaban J connectivity index is 2.20. The van der Waals surface area contributed by atoms with Crippen molar-refractivity contribution in [1.82, 2.24) is 0 Å². The lowest BCUT2D eigenvalue weighted by Crippen LogP contribution is -1.98. The summed E-state index contributed by atoms with van der Waals surface area (Å²) in [6.07, 6.45) is 0. The molecular weight excluding hydrogens is 380 g/mol. The molecule has 0 bridgehead atoms. The Morgan fingerprint density at radius 2 is 0.962 bits per heavy atom. The van der Waals surface area contributed by atoms with E-state index in [9.17, 15) is 26.3 Å². The van der Waals surface area contributed by atoms with Crippen molar-refractivity contribution in [2.24, 2.45) is 0 Å². The zero-order chi connectivity index (χ0) is 19.2. The third kappa shape index (κ3) is 3.10. The Labute approximate surface area is 148 Å². The Kier molecular flexibility index (Phi) is 4.58. The molecule has 8 heteroatoms. The van der Waals surface area contributed by atoms with Crippen molar-refractivity contribution in [2.75, 3.05) is 5.73 Å². The van der Waals surface area contributed by atoms with Gasteiger partial charge < -0.3 is 5.73 Å². The summed E-state index contributed by atoms with van der Waals surface area (Å²) in [7, 11) is 0. The molecule has 3 rings (SSSR count). The van der Waals surface area contributed by atoms with Crippen LogP contribution in [0.4, 0.5) is 32.0 Å². The van der Waals surface area contributed by atoms with Crippen LogP contribution in [0.2, 0.25) is 5.02 Å². The second-order valence-corrected chi connectivity index (χ2v) is 5.82. The first kappa shape index (κ1) is 18.1. The molecule has 0 spiro atoms. The first-order chi connectivity index (χ1) is 12.2. The third-order valence-corrected chi connectivity index (χ3v) is 4.02. The van der Waals surface area contributed by atoms with Crippen LogP contribution in [0.25, 0.3) is 22.3 Å². The predicted molar refractivity (Wildman–Crippen MR) is 86.5 cm³/mol. The molecule has 2 N–H and O–H groups in total. The van der Waals surface area contributed by atoms with E-state index in [0.717, 1.165) is 12.1 Å². The summed E-state index contributed by atoms with van der Waals surface area (Å²) in [5, 5.41) is -0.251. The molecule has 0 aliphatic rings. The minimum Gasteiger partial charge on any atom is -0.395 e. The van der Waals surface area contributed by atoms with E-state index in [0.29, 0.717) is 24.3 Å². The predicted octanol–water partition coefficient (Wildman–Crippen LogP) is 6.09. The molecule has 0 aliphatic carbocycles. The quantitative estimate of drug-likeness (QED) is 0.418. The average molecular weight is 388 g/mol. The van der Waals surface area contributed by atoms with Crippen LogP contribution in [0.3, 0.4) is 0 Å². The number of halogens is 7. The molecule has 0 saturated carbocycles. The van der Waals surface area contributed by atoms with Crippen LogP contribution >= 0.6 is 11.6 Å². The minimum atomic E-state index is -1.32. The largest absolute Gasteiger partial charge is 0.395 e. The van der Waals surface area contributed by atoms with Crippen molar-refractivity contribution < 1.29 is 26.3 Å². The average Bonchev–Trinajstić information content (AvgIpc) is 2.50. The number of benzene rings is 3. The summed E-state index contributed by atoms with van der Waals surface area (Å²) in [5.74, 6) is -7.24. The number of hydrogen-bond donors (Lipinski definition) is 1. The molecule has 0 atom stereocenters. The van der Waals surface area contributed by atoms with Crippen molar-refractivity contribution in [1.29, 1.82) is 0 Å². The molecule has 0 heterocycles. The van der Waals surface area contributed by atoms with Crippen LogP contribution in [-0.2, 0) is 0 Å². The van der Waals surface area contributed by atoms with Gasteiger partial charge in [-0.15, -0.1) is 0 Å². The highest BCUT2D eigenvalue weighted by Gasteiger charge is 2.20. The van der Waals surface area contributed by atoms with Crippen molar-refractivity contribution in [2.45, 2.75) is 0 Å². The van der Waals surface area contributed by atoms with Crippen LogP contribution in [-0.4, -0.2) is 0 Å². The smallest absolute Gasteiger partial charge is 0.148 e. The molecule has 1 nitrogen and oxygen atoms in total. The second-order valence-electron chi connectivity index (χ2n) is 5.41.